The van der Waals surface area contributed by atoms with Gasteiger partial charge in [-0.05, 0) is 67.7 Å². The third-order valence-electron chi connectivity index (χ3n) is 4.52. The molecular weight excluding hydrogens is 376 g/mol. The van der Waals surface area contributed by atoms with Crippen LogP contribution in [0.4, 0.5) is 0 Å². The number of allylic oxidation sites excluding steroid dienone is 1. The number of carbonyl (C=O) groups is 1. The van der Waals surface area contributed by atoms with E-state index in [1.165, 1.54) is 5.56 Å². The van der Waals surface area contributed by atoms with Gasteiger partial charge in [0.15, 0.2) is 5.78 Å². The zero-order chi connectivity index (χ0) is 21.8. The molecule has 2 aromatic rings. The lowest BCUT2D eigenvalue weighted by atomic mass is 10.0. The molecule has 0 aromatic heterocycles. The molecule has 0 atom stereocenters. The summed E-state index contributed by atoms with van der Waals surface area (Å²) in [6.45, 7) is 10.0. The summed E-state index contributed by atoms with van der Waals surface area (Å²) in [5, 5.41) is 0. The molecule has 0 unspecified atom stereocenters. The van der Waals surface area contributed by atoms with Crippen molar-refractivity contribution in [1.82, 2.24) is 0 Å². The Morgan fingerprint density at radius 1 is 0.800 bits per heavy atom. The number of ketones is 1. The van der Waals surface area contributed by atoms with Crippen molar-refractivity contribution in [2.24, 2.45) is 0 Å². The van der Waals surface area contributed by atoms with E-state index in [-0.39, 0.29) is 5.78 Å². The van der Waals surface area contributed by atoms with E-state index < -0.39 is 0 Å². The molecule has 0 bridgehead atoms. The first kappa shape index (κ1) is 23.5. The summed E-state index contributed by atoms with van der Waals surface area (Å²) >= 11 is 0. The lowest BCUT2D eigenvalue weighted by Gasteiger charge is -2.14. The van der Waals surface area contributed by atoms with Gasteiger partial charge in [0.1, 0.15) is 22.8 Å². The Hall–Kier alpha value is -2.75. The molecule has 162 valence electrons. The monoisotopic (exact) mass is 410 g/mol. The van der Waals surface area contributed by atoms with Gasteiger partial charge >= 0.3 is 0 Å². The van der Waals surface area contributed by atoms with Crippen molar-refractivity contribution in [3.8, 4) is 17.2 Å². The molecule has 0 radical (unpaired) electrons. The van der Waals surface area contributed by atoms with Gasteiger partial charge in [0.05, 0.1) is 19.8 Å². The number of aryl methyl sites for hydroxylation is 1. The molecule has 0 heterocycles. The normalized spacial score (nSPS) is 10.9. The average molecular weight is 411 g/mol. The van der Waals surface area contributed by atoms with Gasteiger partial charge in [-0.25, -0.2) is 0 Å². The molecule has 0 aliphatic heterocycles. The lowest BCUT2D eigenvalue weighted by Crippen LogP contribution is -2.07. The minimum absolute atomic E-state index is 0.142. The fourth-order valence-corrected chi connectivity index (χ4v) is 2.96. The second-order valence-electron chi connectivity index (χ2n) is 7.10. The van der Waals surface area contributed by atoms with Crippen molar-refractivity contribution in [2.45, 2.75) is 53.4 Å². The SMILES string of the molecule is CCCOc1ccc(CC)cc1C=CC(=O)c1c(OCCC)cccc1OCCC. The highest BCUT2D eigenvalue weighted by Gasteiger charge is 2.17. The van der Waals surface area contributed by atoms with Crippen LogP contribution in [0, 0.1) is 0 Å². The molecule has 0 saturated heterocycles. The standard InChI is InChI=1S/C26H34O4/c1-5-16-28-23-15-12-20(8-4)19-21(23)13-14-22(27)26-24(29-17-6-2)10-9-11-25(26)30-18-7-3/h9-15,19H,5-8,16-18H2,1-4H3. The Labute approximate surface area is 180 Å². The third kappa shape index (κ3) is 6.65. The maximum atomic E-state index is 13.2. The number of carbonyl (C=O) groups excluding carboxylic acids is 1. The molecule has 0 aliphatic rings. The van der Waals surface area contributed by atoms with Crippen molar-refractivity contribution in [3.05, 3.63) is 59.2 Å². The predicted molar refractivity (Wildman–Crippen MR) is 123 cm³/mol. The van der Waals surface area contributed by atoms with Gasteiger partial charge in [0.2, 0.25) is 0 Å². The van der Waals surface area contributed by atoms with Crippen LogP contribution in [0.5, 0.6) is 17.2 Å². The molecule has 0 aliphatic carbocycles. The first-order valence-corrected chi connectivity index (χ1v) is 11.0. The number of benzene rings is 2. The van der Waals surface area contributed by atoms with Gasteiger partial charge in [-0.2, -0.15) is 0 Å². The molecule has 0 N–H and O–H groups in total. The minimum atomic E-state index is -0.142. The van der Waals surface area contributed by atoms with Crippen molar-refractivity contribution >= 4 is 11.9 Å². The highest BCUT2D eigenvalue weighted by atomic mass is 16.5. The Balaban J connectivity index is 2.37. The van der Waals surface area contributed by atoms with Crippen molar-refractivity contribution in [3.63, 3.8) is 0 Å². The van der Waals surface area contributed by atoms with E-state index >= 15 is 0 Å². The highest BCUT2D eigenvalue weighted by Crippen LogP contribution is 2.31. The third-order valence-corrected chi connectivity index (χ3v) is 4.52. The second kappa shape index (κ2) is 12.7. The number of hydrogen-bond acceptors (Lipinski definition) is 4. The molecule has 0 spiro atoms. The molecule has 0 saturated carbocycles. The Kier molecular flexibility index (Phi) is 9.99. The fraction of sp³-hybridized carbons (Fsp3) is 0.423. The summed E-state index contributed by atoms with van der Waals surface area (Å²) in [5.74, 6) is 1.77. The van der Waals surface area contributed by atoms with Crippen LogP contribution in [-0.2, 0) is 6.42 Å². The van der Waals surface area contributed by atoms with Gasteiger partial charge in [-0.1, -0.05) is 39.8 Å². The molecule has 4 nitrogen and oxygen atoms in total. The zero-order valence-corrected chi connectivity index (χ0v) is 18.7. The first-order chi connectivity index (χ1) is 14.6. The smallest absolute Gasteiger partial charge is 0.193 e. The van der Waals surface area contributed by atoms with Crippen LogP contribution in [0.3, 0.4) is 0 Å². The molecule has 0 amide bonds. The Bertz CT molecular complexity index is 813. The van der Waals surface area contributed by atoms with Gasteiger partial charge in [0, 0.05) is 5.56 Å². The predicted octanol–water partition coefficient (Wildman–Crippen LogP) is 6.51. The first-order valence-electron chi connectivity index (χ1n) is 11.0. The van der Waals surface area contributed by atoms with E-state index in [1.807, 2.05) is 44.2 Å². The van der Waals surface area contributed by atoms with Crippen LogP contribution in [-0.4, -0.2) is 25.6 Å². The number of ether oxygens (including phenoxy) is 3. The highest BCUT2D eigenvalue weighted by molar-refractivity contribution is 6.10. The minimum Gasteiger partial charge on any atom is -0.493 e. The Morgan fingerprint density at radius 2 is 1.37 bits per heavy atom. The maximum Gasteiger partial charge on any atom is 0.193 e. The summed E-state index contributed by atoms with van der Waals surface area (Å²) in [7, 11) is 0. The van der Waals surface area contributed by atoms with Crippen molar-refractivity contribution in [2.75, 3.05) is 19.8 Å². The number of hydrogen-bond donors (Lipinski definition) is 0. The molecule has 0 fully saturated rings. The van der Waals surface area contributed by atoms with Crippen LogP contribution in [0.1, 0.15) is 68.4 Å². The molecule has 30 heavy (non-hydrogen) atoms. The summed E-state index contributed by atoms with van der Waals surface area (Å²) in [6, 6.07) is 11.6. The summed E-state index contributed by atoms with van der Waals surface area (Å²) in [6.07, 6.45) is 6.99. The van der Waals surface area contributed by atoms with E-state index in [9.17, 15) is 4.79 Å². The van der Waals surface area contributed by atoms with Gasteiger partial charge < -0.3 is 14.2 Å². The van der Waals surface area contributed by atoms with E-state index in [0.717, 1.165) is 37.0 Å². The van der Waals surface area contributed by atoms with Crippen molar-refractivity contribution in [1.29, 1.82) is 0 Å². The summed E-state index contributed by atoms with van der Waals surface area (Å²) < 4.78 is 17.5. The van der Waals surface area contributed by atoms with Crippen molar-refractivity contribution < 1.29 is 19.0 Å². The summed E-state index contributed by atoms with van der Waals surface area (Å²) in [4.78, 5) is 13.2. The summed E-state index contributed by atoms with van der Waals surface area (Å²) in [5.41, 5.74) is 2.57. The molecule has 4 heteroatoms. The quantitative estimate of drug-likeness (QED) is 0.279. The van der Waals surface area contributed by atoms with Crippen LogP contribution in [0.2, 0.25) is 0 Å². The molecule has 2 aromatic carbocycles. The van der Waals surface area contributed by atoms with Crippen LogP contribution in [0.15, 0.2) is 42.5 Å². The van der Waals surface area contributed by atoms with Gasteiger partial charge in [-0.15, -0.1) is 0 Å². The molecular formula is C26H34O4. The topological polar surface area (TPSA) is 44.8 Å². The van der Waals surface area contributed by atoms with Crippen LogP contribution >= 0.6 is 0 Å². The second-order valence-corrected chi connectivity index (χ2v) is 7.10. The largest absolute Gasteiger partial charge is 0.493 e. The fourth-order valence-electron chi connectivity index (χ4n) is 2.96. The van der Waals surface area contributed by atoms with E-state index in [0.29, 0.717) is 36.9 Å². The zero-order valence-electron chi connectivity index (χ0n) is 18.7. The van der Waals surface area contributed by atoms with E-state index in [1.54, 1.807) is 6.08 Å². The number of rotatable bonds is 13. The van der Waals surface area contributed by atoms with E-state index in [4.69, 9.17) is 14.2 Å². The van der Waals surface area contributed by atoms with Gasteiger partial charge in [0.25, 0.3) is 0 Å². The lowest BCUT2D eigenvalue weighted by molar-refractivity contribution is 0.103. The van der Waals surface area contributed by atoms with Crippen LogP contribution in [0.25, 0.3) is 6.08 Å². The average Bonchev–Trinajstić information content (AvgIpc) is 2.78. The van der Waals surface area contributed by atoms with E-state index in [2.05, 4.69) is 26.0 Å². The molecule has 2 rings (SSSR count). The van der Waals surface area contributed by atoms with Crippen LogP contribution < -0.4 is 14.2 Å². The Morgan fingerprint density at radius 3 is 1.90 bits per heavy atom. The van der Waals surface area contributed by atoms with Gasteiger partial charge in [-0.3, -0.25) is 4.79 Å². The maximum absolute atomic E-state index is 13.2.